The highest BCUT2D eigenvalue weighted by Gasteiger charge is 2.42. The molecule has 88 heavy (non-hydrogen) atoms. The maximum Gasteiger partial charge on any atom is 0.137 e. The Labute approximate surface area is 514 Å². The Kier molecular flexibility index (Phi) is 12.1. The number of ether oxygens (including phenoxy) is 1. The molecule has 0 saturated heterocycles. The van der Waals surface area contributed by atoms with E-state index < -0.39 is 5.41 Å². The molecule has 11 aromatic carbocycles. The molecule has 0 radical (unpaired) electrons. The number of pyridine rings is 1. The number of nitrogens with zero attached hydrogens (tertiary/aromatic N) is 5. The highest BCUT2D eigenvalue weighted by Crippen LogP contribution is 2.56. The molecule has 0 atom stereocenters. The first kappa shape index (κ1) is 53.1. The van der Waals surface area contributed by atoms with E-state index in [1.54, 1.807) is 0 Å². The minimum Gasteiger partial charge on any atom is -0.457 e. The van der Waals surface area contributed by atoms with E-state index in [1.807, 2.05) is 6.20 Å². The molecule has 1 aliphatic heterocycles. The van der Waals surface area contributed by atoms with E-state index in [2.05, 4.69) is 328 Å². The van der Waals surface area contributed by atoms with Gasteiger partial charge in [-0.2, -0.15) is 0 Å². The molecule has 6 nitrogen and oxygen atoms in total. The molecule has 0 bridgehead atoms. The van der Waals surface area contributed by atoms with Gasteiger partial charge in [-0.25, -0.2) is 4.98 Å². The van der Waals surface area contributed by atoms with Crippen LogP contribution in [0.1, 0.15) is 76.3 Å². The molecule has 16 rings (SSSR count). The van der Waals surface area contributed by atoms with Crippen molar-refractivity contribution in [3.8, 4) is 56.4 Å². The molecule has 426 valence electrons. The van der Waals surface area contributed by atoms with Crippen LogP contribution in [-0.4, -0.2) is 20.8 Å². The van der Waals surface area contributed by atoms with Crippen molar-refractivity contribution in [1.29, 1.82) is 0 Å². The molecule has 0 amide bonds. The van der Waals surface area contributed by atoms with Crippen LogP contribution in [0.25, 0.3) is 88.5 Å². The number of hydrogen-bond acceptors (Lipinski definition) is 4. The third kappa shape index (κ3) is 8.48. The predicted molar refractivity (Wildman–Crippen MR) is 367 cm³/mol. The summed E-state index contributed by atoms with van der Waals surface area (Å²) >= 11 is 0. The average molecular weight is 1140 g/mol. The number of fused-ring (bicyclic) bond motifs is 10. The third-order valence-corrected chi connectivity index (χ3v) is 18.8. The Hall–Kier alpha value is -10.4. The van der Waals surface area contributed by atoms with Crippen LogP contribution in [0.2, 0.25) is 0 Å². The predicted octanol–water partition coefficient (Wildman–Crippen LogP) is 21.6. The van der Waals surface area contributed by atoms with Crippen molar-refractivity contribution in [2.45, 2.75) is 64.7 Å². The normalized spacial score (nSPS) is 13.6. The Morgan fingerprint density at radius 2 is 0.909 bits per heavy atom. The summed E-state index contributed by atoms with van der Waals surface area (Å²) < 4.78 is 12.2. The van der Waals surface area contributed by atoms with E-state index in [9.17, 15) is 0 Å². The first-order valence-electron chi connectivity index (χ1n) is 30.8. The van der Waals surface area contributed by atoms with Gasteiger partial charge in [0.1, 0.15) is 24.0 Å². The van der Waals surface area contributed by atoms with Gasteiger partial charge in [0.15, 0.2) is 0 Å². The van der Waals surface area contributed by atoms with Crippen molar-refractivity contribution in [2.24, 2.45) is 0 Å². The average Bonchev–Trinajstić information content (AvgIpc) is 1.76. The highest BCUT2D eigenvalue weighted by atomic mass is 16.5. The second-order valence-corrected chi connectivity index (χ2v) is 26.2. The van der Waals surface area contributed by atoms with Gasteiger partial charge >= 0.3 is 0 Å². The summed E-state index contributed by atoms with van der Waals surface area (Å²) in [6.45, 7) is 16.7. The van der Waals surface area contributed by atoms with Crippen molar-refractivity contribution in [3.63, 3.8) is 0 Å². The van der Waals surface area contributed by atoms with Crippen LogP contribution < -0.4 is 14.5 Å². The Morgan fingerprint density at radius 1 is 0.386 bits per heavy atom. The van der Waals surface area contributed by atoms with Crippen molar-refractivity contribution in [2.75, 3.05) is 16.5 Å². The number of rotatable bonds is 9. The minimum atomic E-state index is -0.516. The lowest BCUT2D eigenvalue weighted by molar-refractivity contribution is 0.481. The Morgan fingerprint density at radius 3 is 1.52 bits per heavy atom. The van der Waals surface area contributed by atoms with E-state index in [0.29, 0.717) is 6.67 Å². The van der Waals surface area contributed by atoms with E-state index in [1.165, 1.54) is 83.1 Å². The molecule has 0 spiro atoms. The van der Waals surface area contributed by atoms with Gasteiger partial charge in [0.25, 0.3) is 0 Å². The van der Waals surface area contributed by atoms with Gasteiger partial charge in [-0.05, 0) is 153 Å². The Bertz CT molecular complexity index is 4930. The molecular weight excluding hydrogens is 1070 g/mol. The number of benzene rings is 11. The second-order valence-electron chi connectivity index (χ2n) is 26.2. The number of para-hydroxylation sites is 4. The molecular formula is C82H67N5O. The molecule has 4 heterocycles. The molecule has 0 N–H and O–H groups in total. The van der Waals surface area contributed by atoms with Gasteiger partial charge in [0, 0.05) is 67.8 Å². The zero-order valence-electron chi connectivity index (χ0n) is 50.8. The summed E-state index contributed by atoms with van der Waals surface area (Å²) in [5, 5.41) is 4.72. The number of anilines is 4. The first-order chi connectivity index (χ1) is 42.8. The summed E-state index contributed by atoms with van der Waals surface area (Å²) in [4.78, 5) is 10.2. The second kappa shape index (κ2) is 20.1. The van der Waals surface area contributed by atoms with Gasteiger partial charge < -0.3 is 19.1 Å². The van der Waals surface area contributed by atoms with E-state index in [0.717, 1.165) is 67.4 Å². The van der Waals surface area contributed by atoms with Gasteiger partial charge in [0.05, 0.1) is 39.1 Å². The molecule has 3 aromatic heterocycles. The van der Waals surface area contributed by atoms with Crippen molar-refractivity contribution in [3.05, 3.63) is 295 Å². The van der Waals surface area contributed by atoms with Crippen LogP contribution in [0.4, 0.5) is 22.7 Å². The van der Waals surface area contributed by atoms with Gasteiger partial charge in [-0.15, -0.1) is 0 Å². The van der Waals surface area contributed by atoms with Crippen molar-refractivity contribution in [1.82, 2.24) is 14.1 Å². The van der Waals surface area contributed by atoms with Crippen molar-refractivity contribution < 1.29 is 4.74 Å². The summed E-state index contributed by atoms with van der Waals surface area (Å²) in [5.74, 6) is 2.34. The fraction of sp³-hybridized carbons (Fsp3) is 0.134. The largest absolute Gasteiger partial charge is 0.457 e. The maximum absolute atomic E-state index is 7.47. The van der Waals surface area contributed by atoms with Crippen LogP contribution in [0.15, 0.2) is 267 Å². The van der Waals surface area contributed by atoms with Crippen LogP contribution in [0.3, 0.4) is 0 Å². The monoisotopic (exact) mass is 1140 g/mol. The first-order valence-corrected chi connectivity index (χ1v) is 30.8. The zero-order chi connectivity index (χ0) is 59.6. The standard InChI is InChI=1S/C82H67N5O/c1-80(2,3)55-42-43-83-78(48-55)87-76-50-58(86-72-34-20-16-30-64(72)65-31-17-21-35-73(65)86)38-40-66(76)67-41-39-60(51-77(67)87)88-61-45-57(82(7)70-32-18-14-28-62(70)63-29-15-19-33-71(63)82)44-59(49-61)84-52-85(75-37-23-22-36-74(75)84)79-68(53-24-10-8-11-25-53)46-56(81(4,5)6)47-69(79)54-26-12-9-13-27-54/h8-51H,52H2,1-7H3. The summed E-state index contributed by atoms with van der Waals surface area (Å²) in [6, 6.07) is 95.9. The SMILES string of the molecule is CC(C)(C)c1ccnc(-n2c3cc(Oc4cc(N5CN(c6c(-c7ccccc7)cc(C(C)(C)C)cc6-c6ccccc6)c6ccccc65)cc(C5(C)c6ccccc6-c6ccccc65)c4)ccc3c3ccc(-n4c5ccccc5c5ccccc54)cc32)c1. The van der Waals surface area contributed by atoms with Gasteiger partial charge in [-0.3, -0.25) is 4.57 Å². The fourth-order valence-electron chi connectivity index (χ4n) is 14.3. The minimum absolute atomic E-state index is 0.0990. The molecule has 2 aliphatic rings. The Balaban J connectivity index is 0.890. The van der Waals surface area contributed by atoms with Crippen LogP contribution in [-0.2, 0) is 16.2 Å². The molecule has 0 unspecified atom stereocenters. The van der Waals surface area contributed by atoms with E-state index in [4.69, 9.17) is 9.72 Å². The van der Waals surface area contributed by atoms with Crippen LogP contribution in [0.5, 0.6) is 11.5 Å². The summed E-state index contributed by atoms with van der Waals surface area (Å²) in [6.07, 6.45) is 1.96. The smallest absolute Gasteiger partial charge is 0.137 e. The van der Waals surface area contributed by atoms with Gasteiger partial charge in [0.2, 0.25) is 0 Å². The lowest BCUT2D eigenvalue weighted by Crippen LogP contribution is -2.27. The number of aromatic nitrogens is 3. The van der Waals surface area contributed by atoms with E-state index in [-0.39, 0.29) is 10.8 Å². The van der Waals surface area contributed by atoms with Gasteiger partial charge in [-0.1, -0.05) is 205 Å². The summed E-state index contributed by atoms with van der Waals surface area (Å²) in [5.41, 5.74) is 22.7. The summed E-state index contributed by atoms with van der Waals surface area (Å²) in [7, 11) is 0. The molecule has 1 aliphatic carbocycles. The third-order valence-electron chi connectivity index (χ3n) is 18.8. The lowest BCUT2D eigenvalue weighted by atomic mass is 9.74. The molecule has 0 fully saturated rings. The maximum atomic E-state index is 7.47. The van der Waals surface area contributed by atoms with E-state index >= 15 is 0 Å². The van der Waals surface area contributed by atoms with Crippen LogP contribution in [0, 0.1) is 0 Å². The highest BCUT2D eigenvalue weighted by molar-refractivity contribution is 6.12. The molecule has 14 aromatic rings. The molecule has 6 heteroatoms. The lowest BCUT2D eigenvalue weighted by Gasteiger charge is -2.31. The van der Waals surface area contributed by atoms with Crippen LogP contribution >= 0.6 is 0 Å². The van der Waals surface area contributed by atoms with Crippen molar-refractivity contribution >= 4 is 66.4 Å². The molecule has 0 saturated carbocycles. The number of hydrogen-bond donors (Lipinski definition) is 0. The fourth-order valence-corrected chi connectivity index (χ4v) is 14.3. The quantitative estimate of drug-likeness (QED) is 0.144. The topological polar surface area (TPSA) is 38.5 Å². The zero-order valence-corrected chi connectivity index (χ0v) is 50.8.